The minimum absolute atomic E-state index is 0.219. The van der Waals surface area contributed by atoms with Crippen LogP contribution in [0.3, 0.4) is 0 Å². The number of hydrogen-bond acceptors (Lipinski definition) is 2. The molecule has 0 spiro atoms. The summed E-state index contributed by atoms with van der Waals surface area (Å²) in [5.74, 6) is 0.936. The van der Waals surface area contributed by atoms with Crippen molar-refractivity contribution >= 4 is 11.6 Å². The second-order valence-corrected chi connectivity index (χ2v) is 4.21. The Hall–Kier alpha value is -1.67. The van der Waals surface area contributed by atoms with E-state index in [-0.39, 0.29) is 5.75 Å². The maximum Gasteiger partial charge on any atom is 0.131 e. The van der Waals surface area contributed by atoms with Crippen LogP contribution in [0.15, 0.2) is 36.4 Å². The average Bonchev–Trinajstić information content (AvgIpc) is 2.28. The Morgan fingerprint density at radius 2 is 1.88 bits per heavy atom. The van der Waals surface area contributed by atoms with Gasteiger partial charge in [-0.3, -0.25) is 0 Å². The Morgan fingerprint density at radius 1 is 1.06 bits per heavy atom. The van der Waals surface area contributed by atoms with Crippen molar-refractivity contribution in [2.75, 3.05) is 0 Å². The number of phenols is 1. The molecular weight excluding hydrogens is 224 g/mol. The number of rotatable bonds is 0. The predicted molar refractivity (Wildman–Crippen MR) is 62.9 cm³/mol. The van der Waals surface area contributed by atoms with Gasteiger partial charge in [-0.1, -0.05) is 17.7 Å². The number of ether oxygens (including phenoxy) is 1. The molecule has 80 valence electrons. The first-order valence-corrected chi connectivity index (χ1v) is 5.36. The van der Waals surface area contributed by atoms with Gasteiger partial charge in [-0.2, -0.15) is 0 Å². The van der Waals surface area contributed by atoms with Crippen LogP contribution >= 0.6 is 11.6 Å². The zero-order valence-corrected chi connectivity index (χ0v) is 9.16. The van der Waals surface area contributed by atoms with E-state index in [1.54, 1.807) is 12.1 Å². The molecule has 0 saturated carbocycles. The first kappa shape index (κ1) is 9.55. The van der Waals surface area contributed by atoms with E-state index in [1.807, 2.05) is 24.3 Å². The van der Waals surface area contributed by atoms with Gasteiger partial charge in [0.05, 0.1) is 0 Å². The molecule has 16 heavy (non-hydrogen) atoms. The van der Waals surface area contributed by atoms with Gasteiger partial charge >= 0.3 is 0 Å². The van der Waals surface area contributed by atoms with Crippen LogP contribution in [-0.2, 0) is 6.61 Å². The molecule has 0 radical (unpaired) electrons. The fraction of sp³-hybridized carbons (Fsp3) is 0.0769. The fourth-order valence-corrected chi connectivity index (χ4v) is 2.15. The Labute approximate surface area is 98.1 Å². The first-order valence-electron chi connectivity index (χ1n) is 4.99. The van der Waals surface area contributed by atoms with Gasteiger partial charge in [0.25, 0.3) is 0 Å². The molecule has 0 saturated heterocycles. The molecule has 1 aliphatic rings. The summed E-state index contributed by atoms with van der Waals surface area (Å²) < 4.78 is 5.57. The van der Waals surface area contributed by atoms with Crippen molar-refractivity contribution in [3.63, 3.8) is 0 Å². The number of aromatic hydroxyl groups is 1. The van der Waals surface area contributed by atoms with Crippen LogP contribution in [0.4, 0.5) is 0 Å². The van der Waals surface area contributed by atoms with Crippen LogP contribution in [0.25, 0.3) is 11.1 Å². The highest BCUT2D eigenvalue weighted by atomic mass is 35.5. The van der Waals surface area contributed by atoms with Gasteiger partial charge in [0.2, 0.25) is 0 Å². The Balaban J connectivity index is 2.23. The Morgan fingerprint density at radius 3 is 2.75 bits per heavy atom. The van der Waals surface area contributed by atoms with Gasteiger partial charge in [-0.05, 0) is 35.4 Å². The highest BCUT2D eigenvalue weighted by molar-refractivity contribution is 6.30. The van der Waals surface area contributed by atoms with E-state index in [4.69, 9.17) is 16.3 Å². The molecule has 3 rings (SSSR count). The van der Waals surface area contributed by atoms with E-state index in [9.17, 15) is 5.11 Å². The van der Waals surface area contributed by atoms with Crippen LogP contribution in [0.2, 0.25) is 5.02 Å². The summed E-state index contributed by atoms with van der Waals surface area (Å²) in [6.45, 7) is 0.492. The molecule has 1 N–H and O–H groups in total. The maximum absolute atomic E-state index is 9.38. The van der Waals surface area contributed by atoms with Gasteiger partial charge in [0.15, 0.2) is 0 Å². The molecule has 0 fully saturated rings. The maximum atomic E-state index is 9.38. The molecule has 0 atom stereocenters. The molecule has 2 aromatic carbocycles. The van der Waals surface area contributed by atoms with Gasteiger partial charge in [0, 0.05) is 16.7 Å². The molecule has 0 aromatic heterocycles. The van der Waals surface area contributed by atoms with E-state index in [2.05, 4.69) is 0 Å². The summed E-state index contributed by atoms with van der Waals surface area (Å²) in [4.78, 5) is 0. The molecular formula is C13H9ClO2. The summed E-state index contributed by atoms with van der Waals surface area (Å²) in [6.07, 6.45) is 0. The molecule has 0 unspecified atom stereocenters. The molecule has 1 heterocycles. The van der Waals surface area contributed by atoms with E-state index >= 15 is 0 Å². The smallest absolute Gasteiger partial charge is 0.131 e. The van der Waals surface area contributed by atoms with Crippen LogP contribution in [0.5, 0.6) is 11.5 Å². The van der Waals surface area contributed by atoms with Crippen molar-refractivity contribution in [2.24, 2.45) is 0 Å². The zero-order chi connectivity index (χ0) is 11.1. The van der Waals surface area contributed by atoms with E-state index in [0.29, 0.717) is 11.6 Å². The largest absolute Gasteiger partial charge is 0.508 e. The van der Waals surface area contributed by atoms with Gasteiger partial charge in [-0.15, -0.1) is 0 Å². The molecule has 2 aromatic rings. The third-order valence-electron chi connectivity index (χ3n) is 2.71. The molecule has 0 bridgehead atoms. The Bertz CT molecular complexity index is 512. The number of hydrogen-bond donors (Lipinski definition) is 1. The van der Waals surface area contributed by atoms with Crippen LogP contribution in [0, 0.1) is 0 Å². The van der Waals surface area contributed by atoms with E-state index in [0.717, 1.165) is 22.4 Å². The number of fused-ring (bicyclic) bond motifs is 3. The lowest BCUT2D eigenvalue weighted by Gasteiger charge is -2.20. The highest BCUT2D eigenvalue weighted by Crippen LogP contribution is 2.39. The molecule has 3 heteroatoms. The molecule has 0 amide bonds. The lowest BCUT2D eigenvalue weighted by molar-refractivity contribution is 0.300. The second kappa shape index (κ2) is 3.42. The zero-order valence-electron chi connectivity index (χ0n) is 8.40. The molecule has 0 aliphatic carbocycles. The highest BCUT2D eigenvalue weighted by Gasteiger charge is 2.17. The van der Waals surface area contributed by atoms with E-state index in [1.165, 1.54) is 0 Å². The minimum Gasteiger partial charge on any atom is -0.508 e. The minimum atomic E-state index is 0.219. The van der Waals surface area contributed by atoms with Crippen molar-refractivity contribution in [2.45, 2.75) is 6.61 Å². The lowest BCUT2D eigenvalue weighted by Crippen LogP contribution is -2.04. The van der Waals surface area contributed by atoms with Crippen molar-refractivity contribution in [1.82, 2.24) is 0 Å². The van der Waals surface area contributed by atoms with Crippen molar-refractivity contribution in [1.29, 1.82) is 0 Å². The van der Waals surface area contributed by atoms with Crippen LogP contribution in [0.1, 0.15) is 5.56 Å². The van der Waals surface area contributed by atoms with Crippen LogP contribution in [-0.4, -0.2) is 5.11 Å². The summed E-state index contributed by atoms with van der Waals surface area (Å²) in [6, 6.07) is 10.9. The second-order valence-electron chi connectivity index (χ2n) is 3.77. The number of halogens is 1. The SMILES string of the molecule is Oc1ccc2c(c1)OCc1cc(Cl)ccc1-2. The number of phenolic OH excluding ortho intramolecular Hbond substituents is 1. The molecule has 2 nitrogen and oxygen atoms in total. The summed E-state index contributed by atoms with van der Waals surface area (Å²) in [5.41, 5.74) is 3.19. The summed E-state index contributed by atoms with van der Waals surface area (Å²) in [7, 11) is 0. The summed E-state index contributed by atoms with van der Waals surface area (Å²) >= 11 is 5.93. The van der Waals surface area contributed by atoms with Crippen molar-refractivity contribution in [3.05, 3.63) is 47.0 Å². The fourth-order valence-electron chi connectivity index (χ4n) is 1.95. The van der Waals surface area contributed by atoms with E-state index < -0.39 is 0 Å². The van der Waals surface area contributed by atoms with Gasteiger partial charge in [0.1, 0.15) is 18.1 Å². The third kappa shape index (κ3) is 1.42. The average molecular weight is 233 g/mol. The lowest BCUT2D eigenvalue weighted by atomic mass is 9.97. The standard InChI is InChI=1S/C13H9ClO2/c14-9-1-3-11-8(5-9)7-16-13-6-10(15)2-4-12(11)13/h1-6,15H,7H2. The monoisotopic (exact) mass is 232 g/mol. The predicted octanol–water partition coefficient (Wildman–Crippen LogP) is 3.61. The van der Waals surface area contributed by atoms with Gasteiger partial charge < -0.3 is 9.84 Å². The molecule has 1 aliphatic heterocycles. The topological polar surface area (TPSA) is 29.5 Å². The Kier molecular flexibility index (Phi) is 2.04. The normalized spacial score (nSPS) is 12.6. The van der Waals surface area contributed by atoms with Crippen molar-refractivity contribution in [3.8, 4) is 22.6 Å². The van der Waals surface area contributed by atoms with Gasteiger partial charge in [-0.25, -0.2) is 0 Å². The quantitative estimate of drug-likeness (QED) is 0.752. The summed E-state index contributed by atoms with van der Waals surface area (Å²) in [5, 5.41) is 10.1. The first-order chi connectivity index (χ1) is 7.74. The number of benzene rings is 2. The van der Waals surface area contributed by atoms with Crippen LogP contribution < -0.4 is 4.74 Å². The van der Waals surface area contributed by atoms with Crippen molar-refractivity contribution < 1.29 is 9.84 Å². The third-order valence-corrected chi connectivity index (χ3v) is 2.94.